The first-order chi connectivity index (χ1) is 30.2. The molecule has 2 aliphatic carbocycles. The van der Waals surface area contributed by atoms with E-state index in [-0.39, 0.29) is 56.3 Å². The number of ether oxygens (including phenoxy) is 12. The van der Waals surface area contributed by atoms with E-state index in [0.29, 0.717) is 25.7 Å². The highest BCUT2D eigenvalue weighted by molar-refractivity contribution is 5.71. The van der Waals surface area contributed by atoms with Gasteiger partial charge in [0, 0.05) is 46.5 Å². The van der Waals surface area contributed by atoms with Crippen molar-refractivity contribution in [2.45, 2.75) is 208 Å². The minimum atomic E-state index is -1.03. The number of fused-ring (bicyclic) bond motifs is 4. The SMILES string of the molecule is COC(=O)C/C=C/C[C@@H]1O[C@@H]([C@@H](COC(C)=O)OC(C)=O)C2OC3(CCCCC3)O[C@H]2[C@H]1OC(C)=O.COC(=O)C[C@H]1CC[C@@H]2O[C@@H]([C@H](O)CO)C3OC4(CCCCC4)O[C@H]3[C@H]2O1. The summed E-state index contributed by atoms with van der Waals surface area (Å²) in [5.74, 6) is -3.82. The number of carbonyl (C=O) groups excluding carboxylic acids is 5. The third-order valence-corrected chi connectivity index (χ3v) is 12.8. The van der Waals surface area contributed by atoms with Crippen LogP contribution in [0.15, 0.2) is 12.2 Å². The molecule has 0 amide bonds. The maximum absolute atomic E-state index is 12.0. The summed E-state index contributed by atoms with van der Waals surface area (Å²) in [5, 5.41) is 19.8. The minimum Gasteiger partial charge on any atom is -0.469 e. The lowest BCUT2D eigenvalue weighted by Crippen LogP contribution is -2.62. The summed E-state index contributed by atoms with van der Waals surface area (Å²) >= 11 is 0. The average molecular weight is 899 g/mol. The zero-order chi connectivity index (χ0) is 45.3. The molecule has 356 valence electrons. The van der Waals surface area contributed by atoms with Gasteiger partial charge in [0.2, 0.25) is 0 Å². The molecule has 7 fully saturated rings. The van der Waals surface area contributed by atoms with Gasteiger partial charge in [-0.15, -0.1) is 0 Å². The molecule has 7 rings (SSSR count). The monoisotopic (exact) mass is 898 g/mol. The number of hydrogen-bond acceptors (Lipinski definition) is 19. The van der Waals surface area contributed by atoms with Gasteiger partial charge in [0.25, 0.3) is 0 Å². The highest BCUT2D eigenvalue weighted by atomic mass is 16.8. The fourth-order valence-corrected chi connectivity index (χ4v) is 9.92. The first-order valence-electron chi connectivity index (χ1n) is 22.4. The van der Waals surface area contributed by atoms with Crippen molar-refractivity contribution >= 4 is 29.8 Å². The third kappa shape index (κ3) is 12.3. The molecule has 13 atom stereocenters. The van der Waals surface area contributed by atoms with E-state index < -0.39 is 97.0 Å². The van der Waals surface area contributed by atoms with Crippen molar-refractivity contribution in [3.8, 4) is 0 Å². The molecule has 0 radical (unpaired) electrons. The Bertz CT molecular complexity index is 1590. The van der Waals surface area contributed by atoms with Crippen molar-refractivity contribution in [1.82, 2.24) is 0 Å². The van der Waals surface area contributed by atoms with Crippen molar-refractivity contribution in [2.24, 2.45) is 0 Å². The van der Waals surface area contributed by atoms with Crippen molar-refractivity contribution in [3.05, 3.63) is 12.2 Å². The molecule has 2 spiro atoms. The summed E-state index contributed by atoms with van der Waals surface area (Å²) < 4.78 is 70.1. The van der Waals surface area contributed by atoms with Crippen LogP contribution in [-0.4, -0.2) is 158 Å². The molecule has 0 aromatic rings. The Hall–Kier alpha value is -3.27. The lowest BCUT2D eigenvalue weighted by molar-refractivity contribution is -0.256. The number of methoxy groups -OCH3 is 2. The lowest BCUT2D eigenvalue weighted by atomic mass is 9.87. The smallest absolute Gasteiger partial charge is 0.309 e. The van der Waals surface area contributed by atoms with Gasteiger partial charge in [0.1, 0.15) is 61.5 Å². The Morgan fingerprint density at radius 1 is 0.683 bits per heavy atom. The van der Waals surface area contributed by atoms with Gasteiger partial charge in [-0.1, -0.05) is 25.0 Å². The van der Waals surface area contributed by atoms with Crippen LogP contribution in [0.1, 0.15) is 117 Å². The number of esters is 5. The Morgan fingerprint density at radius 2 is 1.29 bits per heavy atom. The predicted octanol–water partition coefficient (Wildman–Crippen LogP) is 2.80. The molecule has 0 aromatic carbocycles. The molecule has 5 saturated heterocycles. The largest absolute Gasteiger partial charge is 0.469 e. The molecular weight excluding hydrogens is 832 g/mol. The molecule has 63 heavy (non-hydrogen) atoms. The molecule has 2 saturated carbocycles. The van der Waals surface area contributed by atoms with E-state index in [1.807, 2.05) is 0 Å². The number of aliphatic hydroxyl groups is 2. The molecule has 7 aliphatic rings. The Balaban J connectivity index is 0.000000218. The average Bonchev–Trinajstić information content (AvgIpc) is 3.82. The van der Waals surface area contributed by atoms with Crippen LogP contribution in [0.5, 0.6) is 0 Å². The first-order valence-corrected chi connectivity index (χ1v) is 22.4. The van der Waals surface area contributed by atoms with E-state index in [4.69, 9.17) is 52.1 Å². The van der Waals surface area contributed by atoms with Gasteiger partial charge in [-0.3, -0.25) is 24.0 Å². The molecule has 0 aromatic heterocycles. The molecular formula is C44H66O19. The Morgan fingerprint density at radius 3 is 1.86 bits per heavy atom. The molecule has 5 aliphatic heterocycles. The van der Waals surface area contributed by atoms with Crippen LogP contribution in [0.4, 0.5) is 0 Å². The maximum atomic E-state index is 12.0. The highest BCUT2D eigenvalue weighted by Crippen LogP contribution is 2.49. The first kappa shape index (κ1) is 49.2. The number of hydrogen-bond donors (Lipinski definition) is 2. The van der Waals surface area contributed by atoms with Crippen molar-refractivity contribution in [1.29, 1.82) is 0 Å². The standard InChI is InChI=1S/C25H36O11.C19H30O8/c1-15(26)31-14-19(32-16(2)27)22-24-23(35-25(36-24)12-8-5-9-13-25)21(33-17(3)28)18(34-22)10-6-7-11-20(29)30-4;1-23-14(22)9-11-5-6-13-16(24-11)18-17(15(25-13)12(21)10-20)26-19(27-18)7-3-2-4-8-19/h6-7,18-19,21-24H,5,8-14H2,1-4H3;11-13,15-18,20-21H,2-10H2,1H3/b7-6+;/t18-,19+,21-,22-,23-,24?;11-,12-,13+,15+,16+,17?,18+/m01/s1. The summed E-state index contributed by atoms with van der Waals surface area (Å²) in [7, 11) is 2.67. The normalized spacial score (nSPS) is 34.9. The van der Waals surface area contributed by atoms with Crippen LogP contribution >= 0.6 is 0 Å². The molecule has 19 nitrogen and oxygen atoms in total. The summed E-state index contributed by atoms with van der Waals surface area (Å²) in [5.41, 5.74) is 0. The van der Waals surface area contributed by atoms with Crippen molar-refractivity contribution in [3.63, 3.8) is 0 Å². The zero-order valence-electron chi connectivity index (χ0n) is 37.0. The van der Waals surface area contributed by atoms with E-state index in [9.17, 15) is 34.2 Å². The highest BCUT2D eigenvalue weighted by Gasteiger charge is 2.62. The van der Waals surface area contributed by atoms with Gasteiger partial charge in [-0.25, -0.2) is 0 Å². The van der Waals surface area contributed by atoms with E-state index in [1.54, 1.807) is 12.2 Å². The van der Waals surface area contributed by atoms with Crippen LogP contribution in [0.25, 0.3) is 0 Å². The molecule has 2 N–H and O–H groups in total. The topological polar surface area (TPSA) is 237 Å². The Labute approximate surface area is 367 Å². The predicted molar refractivity (Wildman–Crippen MR) is 214 cm³/mol. The van der Waals surface area contributed by atoms with E-state index in [0.717, 1.165) is 51.4 Å². The van der Waals surface area contributed by atoms with Gasteiger partial charge in [0.15, 0.2) is 23.8 Å². The quantitative estimate of drug-likeness (QED) is 0.154. The van der Waals surface area contributed by atoms with E-state index >= 15 is 0 Å². The fraction of sp³-hybridized carbons (Fsp3) is 0.841. The van der Waals surface area contributed by atoms with Gasteiger partial charge < -0.3 is 67.1 Å². The van der Waals surface area contributed by atoms with Crippen LogP contribution in [-0.2, 0) is 80.8 Å². The van der Waals surface area contributed by atoms with Crippen LogP contribution in [0.3, 0.4) is 0 Å². The van der Waals surface area contributed by atoms with E-state index in [2.05, 4.69) is 4.74 Å². The summed E-state index contributed by atoms with van der Waals surface area (Å²) in [6.07, 6.45) is 6.19. The second-order valence-electron chi connectivity index (χ2n) is 17.4. The molecule has 2 unspecified atom stereocenters. The number of rotatable bonds is 13. The summed E-state index contributed by atoms with van der Waals surface area (Å²) in [6, 6.07) is 0. The number of carbonyl (C=O) groups is 5. The van der Waals surface area contributed by atoms with Gasteiger partial charge >= 0.3 is 29.8 Å². The fourth-order valence-electron chi connectivity index (χ4n) is 9.92. The van der Waals surface area contributed by atoms with Gasteiger partial charge in [-0.2, -0.15) is 0 Å². The summed E-state index contributed by atoms with van der Waals surface area (Å²) in [6.45, 7) is 3.19. The zero-order valence-corrected chi connectivity index (χ0v) is 37.0. The van der Waals surface area contributed by atoms with Crippen LogP contribution < -0.4 is 0 Å². The van der Waals surface area contributed by atoms with Crippen molar-refractivity contribution in [2.75, 3.05) is 27.4 Å². The minimum absolute atomic E-state index is 0.0716. The van der Waals surface area contributed by atoms with Gasteiger partial charge in [0.05, 0.1) is 45.9 Å². The second kappa shape index (κ2) is 22.3. The van der Waals surface area contributed by atoms with Crippen LogP contribution in [0.2, 0.25) is 0 Å². The Kier molecular flexibility index (Phi) is 17.4. The lowest BCUT2D eigenvalue weighted by Gasteiger charge is -2.47. The molecule has 5 heterocycles. The third-order valence-electron chi connectivity index (χ3n) is 12.8. The van der Waals surface area contributed by atoms with Gasteiger partial charge in [-0.05, 0) is 44.9 Å². The van der Waals surface area contributed by atoms with E-state index in [1.165, 1.54) is 35.0 Å². The molecule has 19 heteroatoms. The van der Waals surface area contributed by atoms with Crippen molar-refractivity contribution < 1.29 is 91.0 Å². The van der Waals surface area contributed by atoms with Crippen LogP contribution in [0, 0.1) is 0 Å². The molecule has 0 bridgehead atoms. The second-order valence-corrected chi connectivity index (χ2v) is 17.4. The summed E-state index contributed by atoms with van der Waals surface area (Å²) in [4.78, 5) is 58.6. The number of aliphatic hydroxyl groups excluding tert-OH is 2. The maximum Gasteiger partial charge on any atom is 0.309 e.